The first-order valence-corrected chi connectivity index (χ1v) is 7.26. The molecule has 0 aliphatic carbocycles. The van der Waals surface area contributed by atoms with Crippen molar-refractivity contribution in [1.29, 1.82) is 0 Å². The molecule has 1 atom stereocenters. The molecule has 1 aromatic carbocycles. The number of amides is 1. The average Bonchev–Trinajstić information content (AvgIpc) is 2.98. The van der Waals surface area contributed by atoms with Crippen LogP contribution in [0, 0.1) is 0 Å². The van der Waals surface area contributed by atoms with Crippen molar-refractivity contribution in [3.8, 4) is 5.75 Å². The van der Waals surface area contributed by atoms with Gasteiger partial charge in [-0.05, 0) is 18.2 Å². The summed E-state index contributed by atoms with van der Waals surface area (Å²) < 4.78 is 46.4. The largest absolute Gasteiger partial charge is 0.573 e. The van der Waals surface area contributed by atoms with E-state index < -0.39 is 30.1 Å². The maximum absolute atomic E-state index is 12.5. The smallest absolute Gasteiger partial charge is 0.479 e. The van der Waals surface area contributed by atoms with Crippen molar-refractivity contribution in [3.63, 3.8) is 0 Å². The van der Waals surface area contributed by atoms with Crippen molar-refractivity contribution in [3.05, 3.63) is 30.0 Å². The van der Waals surface area contributed by atoms with E-state index in [1.54, 1.807) is 0 Å². The normalized spacial score (nSPS) is 18.4. The quantitative estimate of drug-likeness (QED) is 0.876. The van der Waals surface area contributed by atoms with E-state index in [0.717, 1.165) is 6.07 Å². The predicted octanol–water partition coefficient (Wildman–Crippen LogP) is 1.99. The zero-order chi connectivity index (χ0) is 18.2. The number of aromatic amines is 1. The van der Waals surface area contributed by atoms with Crippen molar-refractivity contribution in [2.45, 2.75) is 12.5 Å². The number of carboxylic acids is 1. The Labute approximate surface area is 138 Å². The molecule has 1 amide bonds. The number of hydrogen-bond donors (Lipinski definition) is 2. The van der Waals surface area contributed by atoms with Gasteiger partial charge in [-0.25, -0.2) is 4.79 Å². The third kappa shape index (κ3) is 3.68. The molecule has 0 radical (unpaired) electrons. The summed E-state index contributed by atoms with van der Waals surface area (Å²) in [5.41, 5.74) is 0.340. The van der Waals surface area contributed by atoms with E-state index in [4.69, 9.17) is 9.84 Å². The van der Waals surface area contributed by atoms with Gasteiger partial charge in [0.2, 0.25) is 0 Å². The van der Waals surface area contributed by atoms with E-state index >= 15 is 0 Å². The lowest BCUT2D eigenvalue weighted by Gasteiger charge is -2.30. The van der Waals surface area contributed by atoms with Gasteiger partial charge in [-0.1, -0.05) is 6.07 Å². The monoisotopic (exact) mass is 358 g/mol. The Balaban J connectivity index is 1.87. The number of aliphatic carboxylic acids is 1. The van der Waals surface area contributed by atoms with Crippen molar-refractivity contribution >= 4 is 22.8 Å². The van der Waals surface area contributed by atoms with E-state index in [-0.39, 0.29) is 30.8 Å². The van der Waals surface area contributed by atoms with E-state index in [0.29, 0.717) is 5.52 Å². The molecule has 1 aliphatic heterocycles. The molecule has 0 bridgehead atoms. The molecule has 2 aromatic rings. The number of carbonyl (C=O) groups is 2. The number of H-pyrrole nitrogens is 1. The average molecular weight is 358 g/mol. The number of morpholine rings is 1. The van der Waals surface area contributed by atoms with Gasteiger partial charge in [-0.3, -0.25) is 4.79 Å². The van der Waals surface area contributed by atoms with Gasteiger partial charge in [0.05, 0.1) is 13.2 Å². The fourth-order valence-corrected chi connectivity index (χ4v) is 2.61. The Morgan fingerprint density at radius 3 is 2.80 bits per heavy atom. The molecule has 10 heteroatoms. The van der Waals surface area contributed by atoms with Gasteiger partial charge in [0.15, 0.2) is 6.10 Å². The molecule has 1 aromatic heterocycles. The summed E-state index contributed by atoms with van der Waals surface area (Å²) in [5.74, 6) is -2.13. The summed E-state index contributed by atoms with van der Waals surface area (Å²) in [4.78, 5) is 27.5. The number of rotatable bonds is 3. The third-order valence-corrected chi connectivity index (χ3v) is 3.71. The number of alkyl halides is 3. The van der Waals surface area contributed by atoms with Crippen LogP contribution in [0.1, 0.15) is 10.5 Å². The number of nitrogens with zero attached hydrogens (tertiary/aromatic N) is 1. The molecule has 2 heterocycles. The van der Waals surface area contributed by atoms with Gasteiger partial charge >= 0.3 is 12.3 Å². The van der Waals surface area contributed by atoms with Crippen molar-refractivity contribution in [2.24, 2.45) is 0 Å². The van der Waals surface area contributed by atoms with Gasteiger partial charge in [-0.2, -0.15) is 0 Å². The Morgan fingerprint density at radius 2 is 2.12 bits per heavy atom. The Morgan fingerprint density at radius 1 is 1.36 bits per heavy atom. The highest BCUT2D eigenvalue weighted by molar-refractivity contribution is 6.00. The highest BCUT2D eigenvalue weighted by Crippen LogP contribution is 2.31. The number of hydrogen-bond acceptors (Lipinski definition) is 4. The van der Waals surface area contributed by atoms with E-state index in [1.165, 1.54) is 23.1 Å². The number of nitrogens with one attached hydrogen (secondary N) is 1. The molecule has 7 nitrogen and oxygen atoms in total. The third-order valence-electron chi connectivity index (χ3n) is 3.71. The second-order valence-corrected chi connectivity index (χ2v) is 5.40. The molecule has 0 spiro atoms. The molecule has 3 rings (SSSR count). The van der Waals surface area contributed by atoms with Gasteiger partial charge in [0.25, 0.3) is 5.91 Å². The van der Waals surface area contributed by atoms with E-state index in [2.05, 4.69) is 9.72 Å². The number of carbonyl (C=O) groups excluding carboxylic acids is 1. The van der Waals surface area contributed by atoms with Crippen LogP contribution in [0.2, 0.25) is 0 Å². The second kappa shape index (κ2) is 6.28. The van der Waals surface area contributed by atoms with Crippen LogP contribution < -0.4 is 4.74 Å². The number of ether oxygens (including phenoxy) is 2. The molecule has 1 unspecified atom stereocenters. The molecule has 1 fully saturated rings. The number of carboxylic acid groups (broad SMARTS) is 1. The Kier molecular flexibility index (Phi) is 4.29. The maximum atomic E-state index is 12.5. The first-order chi connectivity index (χ1) is 11.7. The van der Waals surface area contributed by atoms with Crippen LogP contribution in [0.15, 0.2) is 24.3 Å². The van der Waals surface area contributed by atoms with Gasteiger partial charge in [-0.15, -0.1) is 13.2 Å². The van der Waals surface area contributed by atoms with Crippen LogP contribution in [0.4, 0.5) is 13.2 Å². The lowest BCUT2D eigenvalue weighted by molar-refractivity contribution is -0.274. The molecule has 2 N–H and O–H groups in total. The Bertz CT molecular complexity index is 817. The minimum atomic E-state index is -4.85. The number of benzene rings is 1. The fourth-order valence-electron chi connectivity index (χ4n) is 2.61. The summed E-state index contributed by atoms with van der Waals surface area (Å²) in [6, 6.07) is 5.27. The SMILES string of the molecule is O=C(O)C1CN(C(=O)c2cc3c(OC(F)(F)F)cccc3[nH]2)CCO1. The maximum Gasteiger partial charge on any atom is 0.573 e. The van der Waals surface area contributed by atoms with Crippen LogP contribution in [-0.4, -0.2) is 59.0 Å². The molecular weight excluding hydrogens is 345 g/mol. The topological polar surface area (TPSA) is 91.9 Å². The first kappa shape index (κ1) is 17.1. The lowest BCUT2D eigenvalue weighted by atomic mass is 10.2. The summed E-state index contributed by atoms with van der Waals surface area (Å²) in [5, 5.41) is 9.08. The zero-order valence-corrected chi connectivity index (χ0v) is 12.7. The number of aromatic nitrogens is 1. The standard InChI is InChI=1S/C15H13F3N2O5/c16-15(17,18)25-11-3-1-2-9-8(11)6-10(19-9)13(21)20-4-5-24-12(7-20)14(22)23/h1-3,6,12,19H,4-5,7H2,(H,22,23). The van der Waals surface area contributed by atoms with Crippen molar-refractivity contribution in [2.75, 3.05) is 19.7 Å². The van der Waals surface area contributed by atoms with Crippen LogP contribution in [0.3, 0.4) is 0 Å². The predicted molar refractivity (Wildman–Crippen MR) is 78.3 cm³/mol. The summed E-state index contributed by atoms with van der Waals surface area (Å²) >= 11 is 0. The molecule has 25 heavy (non-hydrogen) atoms. The molecule has 1 aliphatic rings. The van der Waals surface area contributed by atoms with Crippen LogP contribution in [0.5, 0.6) is 5.75 Å². The molecule has 1 saturated heterocycles. The summed E-state index contributed by atoms with van der Waals surface area (Å²) in [6.45, 7) is 0.102. The van der Waals surface area contributed by atoms with Crippen LogP contribution in [-0.2, 0) is 9.53 Å². The number of halogens is 3. The highest BCUT2D eigenvalue weighted by atomic mass is 19.4. The van der Waals surface area contributed by atoms with Crippen molar-refractivity contribution < 1.29 is 37.3 Å². The lowest BCUT2D eigenvalue weighted by Crippen LogP contribution is -2.48. The molecular formula is C15H13F3N2O5. The second-order valence-electron chi connectivity index (χ2n) is 5.40. The van der Waals surface area contributed by atoms with E-state index in [9.17, 15) is 22.8 Å². The summed E-state index contributed by atoms with van der Waals surface area (Å²) in [7, 11) is 0. The van der Waals surface area contributed by atoms with Crippen LogP contribution in [0.25, 0.3) is 10.9 Å². The zero-order valence-electron chi connectivity index (χ0n) is 12.7. The van der Waals surface area contributed by atoms with Gasteiger partial charge < -0.3 is 24.5 Å². The highest BCUT2D eigenvalue weighted by Gasteiger charge is 2.33. The molecule has 0 saturated carbocycles. The van der Waals surface area contributed by atoms with E-state index in [1.807, 2.05) is 0 Å². The first-order valence-electron chi connectivity index (χ1n) is 7.26. The number of fused-ring (bicyclic) bond motifs is 1. The minimum absolute atomic E-state index is 0.0410. The fraction of sp³-hybridized carbons (Fsp3) is 0.333. The van der Waals surface area contributed by atoms with Crippen molar-refractivity contribution in [1.82, 2.24) is 9.88 Å². The minimum Gasteiger partial charge on any atom is -0.479 e. The molecule has 134 valence electrons. The Hall–Kier alpha value is -2.75. The van der Waals surface area contributed by atoms with Gasteiger partial charge in [0.1, 0.15) is 11.4 Å². The van der Waals surface area contributed by atoms with Crippen LogP contribution >= 0.6 is 0 Å². The van der Waals surface area contributed by atoms with Gasteiger partial charge in [0, 0.05) is 17.4 Å². The summed E-state index contributed by atoms with van der Waals surface area (Å²) in [6.07, 6.45) is -5.99.